The first-order valence-corrected chi connectivity index (χ1v) is 10.7. The second-order valence-electron chi connectivity index (χ2n) is 8.66. The van der Waals surface area contributed by atoms with Crippen LogP contribution in [0.1, 0.15) is 37.0 Å². The molecule has 0 radical (unpaired) electrons. The predicted octanol–water partition coefficient (Wildman–Crippen LogP) is 4.53. The molecule has 0 fully saturated rings. The van der Waals surface area contributed by atoms with Crippen molar-refractivity contribution in [1.29, 1.82) is 0 Å². The van der Waals surface area contributed by atoms with Gasteiger partial charge in [-0.05, 0) is 62.2 Å². The van der Waals surface area contributed by atoms with Gasteiger partial charge in [-0.3, -0.25) is 10.1 Å². The Labute approximate surface area is 192 Å². The van der Waals surface area contributed by atoms with E-state index in [4.69, 9.17) is 9.47 Å². The van der Waals surface area contributed by atoms with Crippen LogP contribution in [0.15, 0.2) is 60.9 Å². The monoisotopic (exact) mass is 446 g/mol. The van der Waals surface area contributed by atoms with Gasteiger partial charge in [0.15, 0.2) is 0 Å². The number of hydrogen-bond donors (Lipinski definition) is 1. The summed E-state index contributed by atoms with van der Waals surface area (Å²) in [6.07, 6.45) is 2.81. The first-order valence-electron chi connectivity index (χ1n) is 10.7. The van der Waals surface area contributed by atoms with Gasteiger partial charge in [0.25, 0.3) is 5.91 Å². The maximum atomic E-state index is 13.2. The highest BCUT2D eigenvalue weighted by Gasteiger charge is 2.25. The summed E-state index contributed by atoms with van der Waals surface area (Å²) in [5.41, 5.74) is 2.32. The summed E-state index contributed by atoms with van der Waals surface area (Å²) in [6.45, 7) is 6.60. The molecule has 1 aromatic heterocycles. The molecule has 1 aliphatic rings. The molecule has 2 amide bonds. The van der Waals surface area contributed by atoms with Crippen LogP contribution in [0, 0.1) is 0 Å². The molecule has 0 saturated carbocycles. The smallest absolute Gasteiger partial charge is 0.412 e. The van der Waals surface area contributed by atoms with Crippen LogP contribution in [0.2, 0.25) is 0 Å². The van der Waals surface area contributed by atoms with Gasteiger partial charge in [0.2, 0.25) is 0 Å². The van der Waals surface area contributed by atoms with Crippen molar-refractivity contribution in [2.45, 2.75) is 32.9 Å². The zero-order valence-corrected chi connectivity index (χ0v) is 18.9. The number of hydrogen-bond acceptors (Lipinski definition) is 6. The van der Waals surface area contributed by atoms with Gasteiger partial charge in [-0.25, -0.2) is 14.8 Å². The lowest BCUT2D eigenvalue weighted by Crippen LogP contribution is -2.32. The minimum Gasteiger partial charge on any atom is -0.491 e. The lowest BCUT2D eigenvalue weighted by atomic mass is 10.0. The van der Waals surface area contributed by atoms with E-state index in [0.29, 0.717) is 42.5 Å². The summed E-state index contributed by atoms with van der Waals surface area (Å²) < 4.78 is 11.1. The second kappa shape index (κ2) is 9.28. The van der Waals surface area contributed by atoms with Crippen LogP contribution in [0.5, 0.6) is 5.75 Å². The van der Waals surface area contributed by atoms with Gasteiger partial charge in [0, 0.05) is 18.1 Å². The van der Waals surface area contributed by atoms with E-state index in [1.54, 1.807) is 35.5 Å². The summed E-state index contributed by atoms with van der Waals surface area (Å²) in [6, 6.07) is 14.7. The van der Waals surface area contributed by atoms with Crippen LogP contribution in [0.4, 0.5) is 10.5 Å². The fraction of sp³-hybridized carbons (Fsp3) is 0.280. The minimum absolute atomic E-state index is 0.125. The molecular formula is C25H26N4O4. The topological polar surface area (TPSA) is 93.7 Å². The van der Waals surface area contributed by atoms with E-state index in [9.17, 15) is 9.59 Å². The van der Waals surface area contributed by atoms with E-state index in [0.717, 1.165) is 11.1 Å². The summed E-state index contributed by atoms with van der Waals surface area (Å²) in [5, 5.41) is 2.72. The SMILES string of the molecule is CC(C)(C)OC(=O)Nc1ccc(-c2ccc3c(c2)C(=O)N(Cc2ncccn2)CCO3)cc1. The third-order valence-electron chi connectivity index (χ3n) is 4.93. The Morgan fingerprint density at radius 1 is 1.09 bits per heavy atom. The number of ether oxygens (including phenoxy) is 2. The molecule has 33 heavy (non-hydrogen) atoms. The highest BCUT2D eigenvalue weighted by atomic mass is 16.6. The van der Waals surface area contributed by atoms with Crippen molar-refractivity contribution in [3.63, 3.8) is 0 Å². The van der Waals surface area contributed by atoms with Crippen molar-refractivity contribution >= 4 is 17.7 Å². The van der Waals surface area contributed by atoms with E-state index in [1.807, 2.05) is 51.1 Å². The zero-order chi connectivity index (χ0) is 23.4. The van der Waals surface area contributed by atoms with Crippen LogP contribution in [-0.2, 0) is 11.3 Å². The molecule has 0 spiro atoms. The highest BCUT2D eigenvalue weighted by molar-refractivity contribution is 5.98. The van der Waals surface area contributed by atoms with Gasteiger partial charge in [-0.15, -0.1) is 0 Å². The molecule has 0 unspecified atom stereocenters. The number of nitrogens with zero attached hydrogens (tertiary/aromatic N) is 3. The lowest BCUT2D eigenvalue weighted by Gasteiger charge is -2.19. The average Bonchev–Trinajstić information content (AvgIpc) is 2.92. The highest BCUT2D eigenvalue weighted by Crippen LogP contribution is 2.30. The van der Waals surface area contributed by atoms with Crippen molar-refractivity contribution in [3.8, 4) is 16.9 Å². The quantitative estimate of drug-likeness (QED) is 0.633. The fourth-order valence-electron chi connectivity index (χ4n) is 3.44. The molecule has 0 aliphatic carbocycles. The van der Waals surface area contributed by atoms with Gasteiger partial charge >= 0.3 is 6.09 Å². The second-order valence-corrected chi connectivity index (χ2v) is 8.66. The Kier molecular flexibility index (Phi) is 6.26. The number of amides is 2. The Balaban J connectivity index is 1.52. The molecule has 170 valence electrons. The van der Waals surface area contributed by atoms with Crippen molar-refractivity contribution in [2.24, 2.45) is 0 Å². The number of nitrogens with one attached hydrogen (secondary N) is 1. The molecule has 0 saturated heterocycles. The molecule has 4 rings (SSSR count). The predicted molar refractivity (Wildman–Crippen MR) is 124 cm³/mol. The number of carbonyl (C=O) groups excluding carboxylic acids is 2. The number of benzene rings is 2. The van der Waals surface area contributed by atoms with Gasteiger partial charge in [-0.1, -0.05) is 18.2 Å². The van der Waals surface area contributed by atoms with Crippen LogP contribution in [0.25, 0.3) is 11.1 Å². The molecule has 0 atom stereocenters. The normalized spacial score (nSPS) is 13.5. The van der Waals surface area contributed by atoms with Crippen molar-refractivity contribution in [1.82, 2.24) is 14.9 Å². The molecule has 3 aromatic rings. The molecule has 2 aromatic carbocycles. The lowest BCUT2D eigenvalue weighted by molar-refractivity contribution is 0.0635. The number of rotatable bonds is 4. The molecule has 1 N–H and O–H groups in total. The first-order chi connectivity index (χ1) is 15.8. The van der Waals surface area contributed by atoms with E-state index in [-0.39, 0.29) is 5.91 Å². The summed E-state index contributed by atoms with van der Waals surface area (Å²) in [4.78, 5) is 35.4. The van der Waals surface area contributed by atoms with Crippen molar-refractivity contribution in [3.05, 3.63) is 72.3 Å². The van der Waals surface area contributed by atoms with Crippen LogP contribution >= 0.6 is 0 Å². The van der Waals surface area contributed by atoms with Crippen LogP contribution in [0.3, 0.4) is 0 Å². The molecule has 0 bridgehead atoms. The van der Waals surface area contributed by atoms with Gasteiger partial charge in [-0.2, -0.15) is 0 Å². The molecule has 8 nitrogen and oxygen atoms in total. The number of fused-ring (bicyclic) bond motifs is 1. The van der Waals surface area contributed by atoms with Gasteiger partial charge in [0.05, 0.1) is 18.7 Å². The third kappa shape index (κ3) is 5.65. The zero-order valence-electron chi connectivity index (χ0n) is 18.9. The van der Waals surface area contributed by atoms with E-state index in [1.165, 1.54) is 0 Å². The maximum Gasteiger partial charge on any atom is 0.412 e. The van der Waals surface area contributed by atoms with E-state index >= 15 is 0 Å². The Morgan fingerprint density at radius 2 is 1.79 bits per heavy atom. The largest absolute Gasteiger partial charge is 0.491 e. The minimum atomic E-state index is -0.568. The van der Waals surface area contributed by atoms with Crippen LogP contribution < -0.4 is 10.1 Å². The van der Waals surface area contributed by atoms with Crippen LogP contribution in [-0.4, -0.2) is 45.6 Å². The van der Waals surface area contributed by atoms with E-state index < -0.39 is 11.7 Å². The summed E-state index contributed by atoms with van der Waals surface area (Å²) in [5.74, 6) is 1.02. The fourth-order valence-corrected chi connectivity index (χ4v) is 3.44. The summed E-state index contributed by atoms with van der Waals surface area (Å²) in [7, 11) is 0. The van der Waals surface area contributed by atoms with Gasteiger partial charge in [0.1, 0.15) is 23.8 Å². The standard InChI is InChI=1S/C25H26N4O4/c1-25(2,3)33-24(31)28-19-8-5-17(6-9-19)18-7-10-21-20(15-18)23(30)29(13-14-32-21)16-22-26-11-4-12-27-22/h4-12,15H,13-14,16H2,1-3H3,(H,28,31). The molecule has 1 aliphatic heterocycles. The number of carbonyl (C=O) groups is 2. The first kappa shape index (κ1) is 22.3. The molecule has 2 heterocycles. The van der Waals surface area contributed by atoms with Crippen molar-refractivity contribution < 1.29 is 19.1 Å². The third-order valence-corrected chi connectivity index (χ3v) is 4.93. The summed E-state index contributed by atoms with van der Waals surface area (Å²) >= 11 is 0. The number of anilines is 1. The Morgan fingerprint density at radius 3 is 2.48 bits per heavy atom. The van der Waals surface area contributed by atoms with E-state index in [2.05, 4.69) is 15.3 Å². The average molecular weight is 447 g/mol. The number of aromatic nitrogens is 2. The Hall–Kier alpha value is -3.94. The Bertz CT molecular complexity index is 1140. The molecule has 8 heteroatoms. The van der Waals surface area contributed by atoms with Crippen molar-refractivity contribution in [2.75, 3.05) is 18.5 Å². The van der Waals surface area contributed by atoms with Gasteiger partial charge < -0.3 is 14.4 Å². The maximum absolute atomic E-state index is 13.2. The molecular weight excluding hydrogens is 420 g/mol.